The van der Waals surface area contributed by atoms with Gasteiger partial charge in [0.05, 0.1) is 20.8 Å². The van der Waals surface area contributed by atoms with E-state index in [2.05, 4.69) is 5.32 Å². The number of benzene rings is 1. The first-order valence-corrected chi connectivity index (χ1v) is 6.18. The van der Waals surface area contributed by atoms with Gasteiger partial charge in [-0.25, -0.2) is 0 Å². The third kappa shape index (κ3) is 3.37. The standard InChI is InChI=1S/C14H23NO3/c1-10-11(2)14(18-4)12(9-13(10)17-3)5-6-15-7-8-16/h9,15-16H,5-8H2,1-4H3. The van der Waals surface area contributed by atoms with Gasteiger partial charge < -0.3 is 19.9 Å². The van der Waals surface area contributed by atoms with Crippen LogP contribution in [0.5, 0.6) is 11.5 Å². The second-order valence-corrected chi connectivity index (χ2v) is 4.24. The van der Waals surface area contributed by atoms with Gasteiger partial charge in [0.15, 0.2) is 0 Å². The average molecular weight is 253 g/mol. The fraction of sp³-hybridized carbons (Fsp3) is 0.571. The van der Waals surface area contributed by atoms with Gasteiger partial charge in [-0.05, 0) is 49.6 Å². The lowest BCUT2D eigenvalue weighted by molar-refractivity contribution is 0.292. The molecule has 0 unspecified atom stereocenters. The van der Waals surface area contributed by atoms with Crippen LogP contribution in [0.25, 0.3) is 0 Å². The van der Waals surface area contributed by atoms with E-state index in [1.54, 1.807) is 14.2 Å². The fourth-order valence-corrected chi connectivity index (χ4v) is 2.04. The molecule has 1 aromatic carbocycles. The zero-order valence-corrected chi connectivity index (χ0v) is 11.7. The van der Waals surface area contributed by atoms with E-state index in [1.807, 2.05) is 19.9 Å². The minimum Gasteiger partial charge on any atom is -0.496 e. The minimum atomic E-state index is 0.160. The van der Waals surface area contributed by atoms with E-state index in [0.29, 0.717) is 6.54 Å². The van der Waals surface area contributed by atoms with Crippen molar-refractivity contribution in [3.05, 3.63) is 22.8 Å². The fourth-order valence-electron chi connectivity index (χ4n) is 2.04. The molecule has 0 radical (unpaired) electrons. The number of methoxy groups -OCH3 is 2. The van der Waals surface area contributed by atoms with E-state index in [-0.39, 0.29) is 6.61 Å². The quantitative estimate of drug-likeness (QED) is 0.722. The zero-order valence-electron chi connectivity index (χ0n) is 11.7. The zero-order chi connectivity index (χ0) is 13.5. The summed E-state index contributed by atoms with van der Waals surface area (Å²) in [7, 11) is 3.38. The summed E-state index contributed by atoms with van der Waals surface area (Å²) >= 11 is 0. The molecule has 0 spiro atoms. The highest BCUT2D eigenvalue weighted by molar-refractivity contribution is 5.52. The molecule has 18 heavy (non-hydrogen) atoms. The molecule has 0 bridgehead atoms. The monoisotopic (exact) mass is 253 g/mol. The molecular weight excluding hydrogens is 230 g/mol. The van der Waals surface area contributed by atoms with Crippen LogP contribution in [0.15, 0.2) is 6.07 Å². The summed E-state index contributed by atoms with van der Waals surface area (Å²) < 4.78 is 10.9. The van der Waals surface area contributed by atoms with Gasteiger partial charge in [-0.15, -0.1) is 0 Å². The summed E-state index contributed by atoms with van der Waals surface area (Å²) in [6.45, 7) is 5.66. The molecule has 1 rings (SSSR count). The summed E-state index contributed by atoms with van der Waals surface area (Å²) in [5.74, 6) is 1.82. The van der Waals surface area contributed by atoms with Gasteiger partial charge in [-0.3, -0.25) is 0 Å². The van der Waals surface area contributed by atoms with Crippen molar-refractivity contribution < 1.29 is 14.6 Å². The highest BCUT2D eigenvalue weighted by Crippen LogP contribution is 2.33. The molecule has 0 aliphatic rings. The van der Waals surface area contributed by atoms with E-state index in [9.17, 15) is 0 Å². The predicted octanol–water partition coefficient (Wildman–Crippen LogP) is 1.45. The Morgan fingerprint density at radius 3 is 2.39 bits per heavy atom. The van der Waals surface area contributed by atoms with E-state index in [1.165, 1.54) is 0 Å². The van der Waals surface area contributed by atoms with Crippen molar-refractivity contribution in [1.29, 1.82) is 0 Å². The van der Waals surface area contributed by atoms with Gasteiger partial charge in [0.25, 0.3) is 0 Å². The molecule has 4 heteroatoms. The Hall–Kier alpha value is -1.26. The van der Waals surface area contributed by atoms with E-state index < -0.39 is 0 Å². The molecular formula is C14H23NO3. The minimum absolute atomic E-state index is 0.160. The van der Waals surface area contributed by atoms with Crippen molar-refractivity contribution in [1.82, 2.24) is 5.32 Å². The van der Waals surface area contributed by atoms with Crippen LogP contribution in [-0.2, 0) is 6.42 Å². The predicted molar refractivity (Wildman–Crippen MR) is 72.7 cm³/mol. The van der Waals surface area contributed by atoms with Crippen molar-refractivity contribution in [2.24, 2.45) is 0 Å². The van der Waals surface area contributed by atoms with E-state index >= 15 is 0 Å². The summed E-state index contributed by atoms with van der Waals surface area (Å²) in [4.78, 5) is 0. The topological polar surface area (TPSA) is 50.7 Å². The van der Waals surface area contributed by atoms with Gasteiger partial charge in [-0.1, -0.05) is 0 Å². The average Bonchev–Trinajstić information content (AvgIpc) is 2.38. The molecule has 0 saturated heterocycles. The molecule has 0 aliphatic heterocycles. The molecule has 2 N–H and O–H groups in total. The van der Waals surface area contributed by atoms with Gasteiger partial charge in [0.2, 0.25) is 0 Å². The molecule has 0 saturated carbocycles. The van der Waals surface area contributed by atoms with Crippen molar-refractivity contribution in [2.45, 2.75) is 20.3 Å². The van der Waals surface area contributed by atoms with Crippen LogP contribution >= 0.6 is 0 Å². The molecule has 0 fully saturated rings. The van der Waals surface area contributed by atoms with Crippen LogP contribution in [0.1, 0.15) is 16.7 Å². The van der Waals surface area contributed by atoms with Gasteiger partial charge in [-0.2, -0.15) is 0 Å². The molecule has 0 aliphatic carbocycles. The first-order valence-electron chi connectivity index (χ1n) is 6.18. The Morgan fingerprint density at radius 2 is 1.83 bits per heavy atom. The highest BCUT2D eigenvalue weighted by atomic mass is 16.5. The van der Waals surface area contributed by atoms with Crippen molar-refractivity contribution in [2.75, 3.05) is 33.9 Å². The number of aliphatic hydroxyl groups is 1. The lowest BCUT2D eigenvalue weighted by atomic mass is 10.0. The Bertz CT molecular complexity index is 391. The number of nitrogens with one attached hydrogen (secondary N) is 1. The number of ether oxygens (including phenoxy) is 2. The summed E-state index contributed by atoms with van der Waals surface area (Å²) in [6, 6.07) is 2.03. The van der Waals surface area contributed by atoms with Gasteiger partial charge in [0.1, 0.15) is 11.5 Å². The Labute approximate surface area is 109 Å². The van der Waals surface area contributed by atoms with Gasteiger partial charge in [0, 0.05) is 6.54 Å². The first-order chi connectivity index (χ1) is 8.65. The third-order valence-electron chi connectivity index (χ3n) is 3.15. The number of rotatable bonds is 7. The summed E-state index contributed by atoms with van der Waals surface area (Å²) in [5, 5.41) is 11.9. The van der Waals surface area contributed by atoms with Crippen molar-refractivity contribution >= 4 is 0 Å². The normalized spacial score (nSPS) is 10.5. The summed E-state index contributed by atoms with van der Waals surface area (Å²) in [6.07, 6.45) is 0.848. The smallest absolute Gasteiger partial charge is 0.125 e. The Morgan fingerprint density at radius 1 is 1.11 bits per heavy atom. The van der Waals surface area contributed by atoms with Crippen LogP contribution in [0.2, 0.25) is 0 Å². The third-order valence-corrected chi connectivity index (χ3v) is 3.15. The van der Waals surface area contributed by atoms with Crippen molar-refractivity contribution in [3.8, 4) is 11.5 Å². The van der Waals surface area contributed by atoms with Crippen molar-refractivity contribution in [3.63, 3.8) is 0 Å². The van der Waals surface area contributed by atoms with E-state index in [4.69, 9.17) is 14.6 Å². The SMILES string of the molecule is COc1cc(CCNCCO)c(OC)c(C)c1C. The molecule has 0 amide bonds. The lowest BCUT2D eigenvalue weighted by Gasteiger charge is -2.17. The molecule has 1 aromatic rings. The summed E-state index contributed by atoms with van der Waals surface area (Å²) in [5.41, 5.74) is 3.36. The molecule has 4 nitrogen and oxygen atoms in total. The molecule has 102 valence electrons. The van der Waals surface area contributed by atoms with E-state index in [0.717, 1.165) is 41.2 Å². The largest absolute Gasteiger partial charge is 0.496 e. The highest BCUT2D eigenvalue weighted by Gasteiger charge is 2.13. The first kappa shape index (κ1) is 14.8. The number of hydrogen-bond donors (Lipinski definition) is 2. The number of hydrogen-bond acceptors (Lipinski definition) is 4. The Balaban J connectivity index is 2.91. The second-order valence-electron chi connectivity index (χ2n) is 4.24. The second kappa shape index (κ2) is 7.24. The van der Waals surface area contributed by atoms with Gasteiger partial charge >= 0.3 is 0 Å². The Kier molecular flexibility index (Phi) is 5.95. The maximum Gasteiger partial charge on any atom is 0.125 e. The lowest BCUT2D eigenvalue weighted by Crippen LogP contribution is -2.21. The van der Waals surface area contributed by atoms with Crippen LogP contribution in [-0.4, -0.2) is 39.0 Å². The maximum absolute atomic E-state index is 8.72. The molecule has 0 atom stereocenters. The number of aliphatic hydroxyl groups excluding tert-OH is 1. The maximum atomic E-state index is 8.72. The van der Waals surface area contributed by atoms with Crippen LogP contribution in [0.4, 0.5) is 0 Å². The van der Waals surface area contributed by atoms with Crippen LogP contribution in [0, 0.1) is 13.8 Å². The molecule has 0 heterocycles. The van der Waals surface area contributed by atoms with Crippen LogP contribution in [0.3, 0.4) is 0 Å². The molecule has 0 aromatic heterocycles. The van der Waals surface area contributed by atoms with Crippen LogP contribution < -0.4 is 14.8 Å².